The summed E-state index contributed by atoms with van der Waals surface area (Å²) in [5, 5.41) is 17.0. The predicted octanol–water partition coefficient (Wildman–Crippen LogP) is 3.06. The molecular formula is C17H17FN6O. The van der Waals surface area contributed by atoms with E-state index < -0.39 is 0 Å². The number of rotatable bonds is 6. The quantitative estimate of drug-likeness (QED) is 0.742. The van der Waals surface area contributed by atoms with Crippen LogP contribution >= 0.6 is 0 Å². The summed E-state index contributed by atoms with van der Waals surface area (Å²) in [6, 6.07) is 6.23. The van der Waals surface area contributed by atoms with E-state index in [9.17, 15) is 4.39 Å². The fourth-order valence-corrected chi connectivity index (χ4v) is 2.65. The highest BCUT2D eigenvalue weighted by Gasteiger charge is 2.16. The smallest absolute Gasteiger partial charge is 0.163 e. The third-order valence-electron chi connectivity index (χ3n) is 3.88. The zero-order chi connectivity index (χ0) is 17.8. The van der Waals surface area contributed by atoms with Crippen LogP contribution in [0.3, 0.4) is 0 Å². The van der Waals surface area contributed by atoms with Crippen molar-refractivity contribution in [1.29, 1.82) is 5.26 Å². The van der Waals surface area contributed by atoms with Gasteiger partial charge in [0.1, 0.15) is 23.7 Å². The minimum Gasteiger partial charge on any atom is -0.496 e. The highest BCUT2D eigenvalue weighted by Crippen LogP contribution is 2.29. The minimum atomic E-state index is -0.332. The van der Waals surface area contributed by atoms with Crippen LogP contribution < -0.4 is 10.1 Å². The summed E-state index contributed by atoms with van der Waals surface area (Å²) in [5.74, 6) is 0.852. The molecule has 0 unspecified atom stereocenters. The minimum absolute atomic E-state index is 0.244. The summed E-state index contributed by atoms with van der Waals surface area (Å²) in [6.45, 7) is 2.36. The number of nitrogens with one attached hydrogen (secondary N) is 1. The highest BCUT2D eigenvalue weighted by atomic mass is 19.1. The van der Waals surface area contributed by atoms with E-state index in [0.717, 1.165) is 5.39 Å². The van der Waals surface area contributed by atoms with Gasteiger partial charge in [0.25, 0.3) is 0 Å². The van der Waals surface area contributed by atoms with Gasteiger partial charge in [0.15, 0.2) is 5.65 Å². The second kappa shape index (κ2) is 7.13. The van der Waals surface area contributed by atoms with Crippen LogP contribution in [0.5, 0.6) is 5.75 Å². The molecule has 0 spiro atoms. The molecule has 3 aromatic rings. The lowest BCUT2D eigenvalue weighted by atomic mass is 10.1. The van der Waals surface area contributed by atoms with Crippen molar-refractivity contribution >= 4 is 16.9 Å². The molecule has 0 fully saturated rings. The second-order valence-corrected chi connectivity index (χ2v) is 5.49. The SMILES string of the molecule is COc1ccc(F)cc1[C@H](C)Nc1ncnc2c1cnn2CCC#N. The molecule has 0 saturated carbocycles. The summed E-state index contributed by atoms with van der Waals surface area (Å²) in [6.07, 6.45) is 3.44. The highest BCUT2D eigenvalue weighted by molar-refractivity contribution is 5.86. The number of anilines is 1. The van der Waals surface area contributed by atoms with Gasteiger partial charge in [0.2, 0.25) is 0 Å². The second-order valence-electron chi connectivity index (χ2n) is 5.49. The van der Waals surface area contributed by atoms with Crippen molar-refractivity contribution in [3.05, 3.63) is 42.1 Å². The number of nitriles is 1. The third-order valence-corrected chi connectivity index (χ3v) is 3.88. The maximum absolute atomic E-state index is 13.6. The normalized spacial score (nSPS) is 11.9. The summed E-state index contributed by atoms with van der Waals surface area (Å²) >= 11 is 0. The van der Waals surface area contributed by atoms with Crippen molar-refractivity contribution in [2.45, 2.75) is 25.9 Å². The number of halogens is 1. The Balaban J connectivity index is 1.92. The fourth-order valence-electron chi connectivity index (χ4n) is 2.65. The third kappa shape index (κ3) is 3.35. The lowest BCUT2D eigenvalue weighted by Crippen LogP contribution is -2.10. The number of nitrogens with zero attached hydrogens (tertiary/aromatic N) is 5. The Labute approximate surface area is 144 Å². The number of hydrogen-bond donors (Lipinski definition) is 1. The van der Waals surface area contributed by atoms with Crippen molar-refractivity contribution in [3.8, 4) is 11.8 Å². The summed E-state index contributed by atoms with van der Waals surface area (Å²) < 4.78 is 20.6. The van der Waals surface area contributed by atoms with Gasteiger partial charge in [-0.2, -0.15) is 10.4 Å². The zero-order valence-electron chi connectivity index (χ0n) is 13.9. The molecule has 8 heteroatoms. The summed E-state index contributed by atoms with van der Waals surface area (Å²) in [4.78, 5) is 8.51. The molecule has 25 heavy (non-hydrogen) atoms. The van der Waals surface area contributed by atoms with E-state index in [2.05, 4.69) is 26.5 Å². The molecule has 2 heterocycles. The Morgan fingerprint density at radius 1 is 1.40 bits per heavy atom. The van der Waals surface area contributed by atoms with Crippen LogP contribution in [0.4, 0.5) is 10.2 Å². The van der Waals surface area contributed by atoms with Crippen molar-refractivity contribution < 1.29 is 9.13 Å². The van der Waals surface area contributed by atoms with Gasteiger partial charge < -0.3 is 10.1 Å². The Morgan fingerprint density at radius 2 is 2.24 bits per heavy atom. The molecule has 0 aliphatic heterocycles. The molecule has 128 valence electrons. The van der Waals surface area contributed by atoms with Crippen LogP contribution in [0.25, 0.3) is 11.0 Å². The Kier molecular flexibility index (Phi) is 4.75. The van der Waals surface area contributed by atoms with Crippen molar-refractivity contribution in [2.24, 2.45) is 0 Å². The van der Waals surface area contributed by atoms with Gasteiger partial charge in [-0.05, 0) is 25.1 Å². The van der Waals surface area contributed by atoms with Gasteiger partial charge in [0.05, 0.1) is 43.8 Å². The number of aryl methyl sites for hydroxylation is 1. The van der Waals surface area contributed by atoms with Crippen LogP contribution in [0.1, 0.15) is 24.9 Å². The van der Waals surface area contributed by atoms with Crippen LogP contribution in [-0.4, -0.2) is 26.9 Å². The molecule has 0 saturated heterocycles. The van der Waals surface area contributed by atoms with E-state index in [-0.39, 0.29) is 11.9 Å². The molecule has 0 amide bonds. The topological polar surface area (TPSA) is 88.7 Å². The molecule has 0 aliphatic carbocycles. The molecule has 3 rings (SSSR count). The number of ether oxygens (including phenoxy) is 1. The van der Waals surface area contributed by atoms with Crippen LogP contribution in [0, 0.1) is 17.1 Å². The average Bonchev–Trinajstić information content (AvgIpc) is 3.04. The van der Waals surface area contributed by atoms with Gasteiger partial charge in [-0.1, -0.05) is 0 Å². The first-order chi connectivity index (χ1) is 12.1. The Hall–Kier alpha value is -3.21. The van der Waals surface area contributed by atoms with E-state index in [1.165, 1.54) is 18.5 Å². The van der Waals surface area contributed by atoms with Gasteiger partial charge in [-0.3, -0.25) is 0 Å². The first-order valence-electron chi connectivity index (χ1n) is 7.77. The zero-order valence-corrected chi connectivity index (χ0v) is 13.9. The van der Waals surface area contributed by atoms with Crippen LogP contribution in [0.15, 0.2) is 30.7 Å². The van der Waals surface area contributed by atoms with Gasteiger partial charge in [-0.15, -0.1) is 0 Å². The van der Waals surface area contributed by atoms with E-state index in [4.69, 9.17) is 10.00 Å². The molecule has 1 atom stereocenters. The number of aromatic nitrogens is 4. The van der Waals surface area contributed by atoms with E-state index in [1.807, 2.05) is 6.92 Å². The monoisotopic (exact) mass is 340 g/mol. The van der Waals surface area contributed by atoms with Crippen LogP contribution in [0.2, 0.25) is 0 Å². The number of methoxy groups -OCH3 is 1. The van der Waals surface area contributed by atoms with Crippen LogP contribution in [-0.2, 0) is 6.54 Å². The lowest BCUT2D eigenvalue weighted by molar-refractivity contribution is 0.406. The van der Waals surface area contributed by atoms with Gasteiger partial charge in [-0.25, -0.2) is 19.0 Å². The first-order valence-corrected chi connectivity index (χ1v) is 7.77. The molecule has 2 aromatic heterocycles. The summed E-state index contributed by atoms with van der Waals surface area (Å²) in [5.41, 5.74) is 1.33. The Bertz CT molecular complexity index is 933. The van der Waals surface area contributed by atoms with E-state index in [0.29, 0.717) is 35.7 Å². The molecule has 0 bridgehead atoms. The Morgan fingerprint density at radius 3 is 3.00 bits per heavy atom. The first kappa shape index (κ1) is 16.6. The van der Waals surface area contributed by atoms with Gasteiger partial charge in [0, 0.05) is 5.56 Å². The fraction of sp³-hybridized carbons (Fsp3) is 0.294. The van der Waals surface area contributed by atoms with Gasteiger partial charge >= 0.3 is 0 Å². The van der Waals surface area contributed by atoms with Crippen molar-refractivity contribution in [2.75, 3.05) is 12.4 Å². The maximum atomic E-state index is 13.6. The number of benzene rings is 1. The predicted molar refractivity (Wildman–Crippen MR) is 90.5 cm³/mol. The lowest BCUT2D eigenvalue weighted by Gasteiger charge is -2.18. The largest absolute Gasteiger partial charge is 0.496 e. The molecule has 7 nitrogen and oxygen atoms in total. The molecule has 1 N–H and O–H groups in total. The molecular weight excluding hydrogens is 323 g/mol. The standard InChI is InChI=1S/C17H17FN6O/c1-11(13-8-12(18)4-5-15(13)25-2)23-16-14-9-22-24(7-3-6-19)17(14)21-10-20-16/h4-5,8-11H,3,7H2,1-2H3,(H,20,21,23)/t11-/m0/s1. The number of hydrogen-bond acceptors (Lipinski definition) is 6. The summed E-state index contributed by atoms with van der Waals surface area (Å²) in [7, 11) is 1.55. The molecule has 0 radical (unpaired) electrons. The van der Waals surface area contributed by atoms with Crippen molar-refractivity contribution in [3.63, 3.8) is 0 Å². The van der Waals surface area contributed by atoms with Crippen molar-refractivity contribution in [1.82, 2.24) is 19.7 Å². The average molecular weight is 340 g/mol. The number of fused-ring (bicyclic) bond motifs is 1. The molecule has 0 aliphatic rings. The van der Waals surface area contributed by atoms with E-state index >= 15 is 0 Å². The van der Waals surface area contributed by atoms with E-state index in [1.54, 1.807) is 24.1 Å². The maximum Gasteiger partial charge on any atom is 0.163 e. The molecule has 1 aromatic carbocycles.